The fourth-order valence-corrected chi connectivity index (χ4v) is 3.38. The minimum atomic E-state index is -0.178. The summed E-state index contributed by atoms with van der Waals surface area (Å²) >= 11 is 0. The number of nitrogens with one attached hydrogen (secondary N) is 1. The number of rotatable bonds is 4. The molecule has 4 nitrogen and oxygen atoms in total. The van der Waals surface area contributed by atoms with E-state index in [1.807, 2.05) is 0 Å². The lowest BCUT2D eigenvalue weighted by Crippen LogP contribution is -2.52. The van der Waals surface area contributed by atoms with Crippen molar-refractivity contribution in [3.63, 3.8) is 0 Å². The fraction of sp³-hybridized carbons (Fsp3) is 0.923. The molecule has 2 rings (SSSR count). The summed E-state index contributed by atoms with van der Waals surface area (Å²) in [5, 5.41) is 3.47. The van der Waals surface area contributed by atoms with Gasteiger partial charge in [-0.15, -0.1) is 0 Å². The quantitative estimate of drug-likeness (QED) is 0.765. The van der Waals surface area contributed by atoms with Crippen molar-refractivity contribution < 1.29 is 4.79 Å². The molecule has 3 N–H and O–H groups in total. The lowest BCUT2D eigenvalue weighted by molar-refractivity contribution is -0.120. The Morgan fingerprint density at radius 2 is 2.00 bits per heavy atom. The molecule has 1 aliphatic heterocycles. The van der Waals surface area contributed by atoms with Crippen LogP contribution < -0.4 is 11.1 Å². The SMILES string of the molecule is CC1CC(N(CC(N)=O)C2CCCC2)CCN1. The van der Waals surface area contributed by atoms with E-state index in [0.717, 1.165) is 19.4 Å². The average molecular weight is 239 g/mol. The number of hydrogen-bond acceptors (Lipinski definition) is 3. The van der Waals surface area contributed by atoms with Gasteiger partial charge >= 0.3 is 0 Å². The van der Waals surface area contributed by atoms with Crippen molar-refractivity contribution in [2.24, 2.45) is 5.73 Å². The summed E-state index contributed by atoms with van der Waals surface area (Å²) in [5.74, 6) is -0.178. The van der Waals surface area contributed by atoms with Crippen LogP contribution in [-0.4, -0.2) is 42.0 Å². The van der Waals surface area contributed by atoms with Gasteiger partial charge in [-0.25, -0.2) is 0 Å². The van der Waals surface area contributed by atoms with Crippen LogP contribution >= 0.6 is 0 Å². The van der Waals surface area contributed by atoms with E-state index < -0.39 is 0 Å². The Labute approximate surface area is 104 Å². The van der Waals surface area contributed by atoms with E-state index >= 15 is 0 Å². The molecule has 2 atom stereocenters. The number of hydrogen-bond donors (Lipinski definition) is 2. The van der Waals surface area contributed by atoms with Gasteiger partial charge in [0.05, 0.1) is 6.54 Å². The van der Waals surface area contributed by atoms with Gasteiger partial charge in [0.2, 0.25) is 5.91 Å². The van der Waals surface area contributed by atoms with Crippen LogP contribution in [0.25, 0.3) is 0 Å². The van der Waals surface area contributed by atoms with Crippen molar-refractivity contribution in [3.05, 3.63) is 0 Å². The topological polar surface area (TPSA) is 58.4 Å². The van der Waals surface area contributed by atoms with Crippen molar-refractivity contribution in [2.75, 3.05) is 13.1 Å². The summed E-state index contributed by atoms with van der Waals surface area (Å²) < 4.78 is 0. The largest absolute Gasteiger partial charge is 0.369 e. The predicted octanol–water partition coefficient (Wildman–Crippen LogP) is 0.857. The molecule has 2 fully saturated rings. The van der Waals surface area contributed by atoms with Gasteiger partial charge in [-0.05, 0) is 39.2 Å². The zero-order valence-corrected chi connectivity index (χ0v) is 10.8. The number of carbonyl (C=O) groups is 1. The highest BCUT2D eigenvalue weighted by Crippen LogP contribution is 2.28. The highest BCUT2D eigenvalue weighted by molar-refractivity contribution is 5.76. The molecule has 0 spiro atoms. The highest BCUT2D eigenvalue weighted by Gasteiger charge is 2.31. The summed E-state index contributed by atoms with van der Waals surface area (Å²) in [4.78, 5) is 13.7. The number of nitrogens with two attached hydrogens (primary N) is 1. The molecule has 0 bridgehead atoms. The Hall–Kier alpha value is -0.610. The van der Waals surface area contributed by atoms with Gasteiger partial charge < -0.3 is 11.1 Å². The lowest BCUT2D eigenvalue weighted by Gasteiger charge is -2.40. The van der Waals surface area contributed by atoms with Crippen molar-refractivity contribution >= 4 is 5.91 Å². The van der Waals surface area contributed by atoms with Crippen LogP contribution in [0.3, 0.4) is 0 Å². The summed E-state index contributed by atoms with van der Waals surface area (Å²) in [5.41, 5.74) is 5.41. The van der Waals surface area contributed by atoms with E-state index in [2.05, 4.69) is 17.1 Å². The van der Waals surface area contributed by atoms with Gasteiger partial charge in [0.25, 0.3) is 0 Å². The summed E-state index contributed by atoms with van der Waals surface area (Å²) in [6.07, 6.45) is 7.38. The standard InChI is InChI=1S/C13H25N3O/c1-10-8-12(6-7-15-10)16(9-13(14)17)11-4-2-3-5-11/h10-12,15H,2-9H2,1H3,(H2,14,17). The van der Waals surface area contributed by atoms with Gasteiger partial charge in [0.1, 0.15) is 0 Å². The third kappa shape index (κ3) is 3.42. The van der Waals surface area contributed by atoms with Gasteiger partial charge in [0.15, 0.2) is 0 Å². The van der Waals surface area contributed by atoms with Crippen molar-refractivity contribution in [3.8, 4) is 0 Å². The molecule has 2 unspecified atom stereocenters. The highest BCUT2D eigenvalue weighted by atomic mass is 16.1. The van der Waals surface area contributed by atoms with Gasteiger partial charge in [-0.3, -0.25) is 9.69 Å². The fourth-order valence-electron chi connectivity index (χ4n) is 3.38. The molecular formula is C13H25N3O. The molecule has 0 aromatic carbocycles. The zero-order chi connectivity index (χ0) is 12.3. The minimum Gasteiger partial charge on any atom is -0.369 e. The van der Waals surface area contributed by atoms with E-state index in [0.29, 0.717) is 24.7 Å². The normalized spacial score (nSPS) is 30.9. The van der Waals surface area contributed by atoms with Gasteiger partial charge in [-0.2, -0.15) is 0 Å². The molecule has 0 radical (unpaired) electrons. The molecule has 17 heavy (non-hydrogen) atoms. The van der Waals surface area contributed by atoms with Crippen LogP contribution in [0, 0.1) is 0 Å². The Kier molecular flexibility index (Phi) is 4.40. The smallest absolute Gasteiger partial charge is 0.231 e. The van der Waals surface area contributed by atoms with E-state index in [4.69, 9.17) is 5.73 Å². The van der Waals surface area contributed by atoms with E-state index in [-0.39, 0.29) is 5.91 Å². The maximum absolute atomic E-state index is 11.3. The molecule has 2 aliphatic rings. The minimum absolute atomic E-state index is 0.178. The van der Waals surface area contributed by atoms with Crippen LogP contribution in [0.2, 0.25) is 0 Å². The van der Waals surface area contributed by atoms with Crippen molar-refractivity contribution in [1.29, 1.82) is 0 Å². The molecule has 1 saturated carbocycles. The molecule has 1 saturated heterocycles. The maximum atomic E-state index is 11.3. The maximum Gasteiger partial charge on any atom is 0.231 e. The second-order valence-electron chi connectivity index (χ2n) is 5.61. The predicted molar refractivity (Wildman–Crippen MR) is 68.6 cm³/mol. The van der Waals surface area contributed by atoms with Crippen LogP contribution in [-0.2, 0) is 4.79 Å². The Morgan fingerprint density at radius 3 is 2.59 bits per heavy atom. The first-order valence-electron chi connectivity index (χ1n) is 6.94. The molecule has 1 heterocycles. The van der Waals surface area contributed by atoms with Crippen LogP contribution in [0.15, 0.2) is 0 Å². The second-order valence-corrected chi connectivity index (χ2v) is 5.61. The van der Waals surface area contributed by atoms with Crippen LogP contribution in [0.1, 0.15) is 45.4 Å². The second kappa shape index (κ2) is 5.83. The Balaban J connectivity index is 1.99. The number of carbonyl (C=O) groups excluding carboxylic acids is 1. The molecule has 0 aromatic rings. The van der Waals surface area contributed by atoms with Crippen LogP contribution in [0.4, 0.5) is 0 Å². The first-order valence-corrected chi connectivity index (χ1v) is 6.94. The van der Waals surface area contributed by atoms with E-state index in [1.165, 1.54) is 25.7 Å². The van der Waals surface area contributed by atoms with Crippen molar-refractivity contribution in [2.45, 2.75) is 63.6 Å². The number of piperidine rings is 1. The molecule has 1 aliphatic carbocycles. The van der Waals surface area contributed by atoms with E-state index in [9.17, 15) is 4.79 Å². The first-order chi connectivity index (χ1) is 8.16. The van der Waals surface area contributed by atoms with Gasteiger partial charge in [0, 0.05) is 18.1 Å². The molecule has 4 heteroatoms. The molecule has 0 aromatic heterocycles. The Morgan fingerprint density at radius 1 is 1.29 bits per heavy atom. The monoisotopic (exact) mass is 239 g/mol. The van der Waals surface area contributed by atoms with Crippen molar-refractivity contribution in [1.82, 2.24) is 10.2 Å². The summed E-state index contributed by atoms with van der Waals surface area (Å²) in [7, 11) is 0. The van der Waals surface area contributed by atoms with Gasteiger partial charge in [-0.1, -0.05) is 12.8 Å². The summed E-state index contributed by atoms with van der Waals surface area (Å²) in [6, 6.07) is 1.70. The number of primary amides is 1. The van der Waals surface area contributed by atoms with Crippen LogP contribution in [0.5, 0.6) is 0 Å². The molecule has 1 amide bonds. The van der Waals surface area contributed by atoms with E-state index in [1.54, 1.807) is 0 Å². The zero-order valence-electron chi connectivity index (χ0n) is 10.8. The average Bonchev–Trinajstić information content (AvgIpc) is 2.79. The third-order valence-corrected chi connectivity index (χ3v) is 4.20. The molecular weight excluding hydrogens is 214 g/mol. The lowest BCUT2D eigenvalue weighted by atomic mass is 9.97. The Bertz CT molecular complexity index is 263. The third-order valence-electron chi connectivity index (χ3n) is 4.20. The number of amides is 1. The number of nitrogens with zero attached hydrogens (tertiary/aromatic N) is 1. The first kappa shape index (κ1) is 12.8. The molecule has 98 valence electrons. The summed E-state index contributed by atoms with van der Waals surface area (Å²) in [6.45, 7) is 3.74.